The van der Waals surface area contributed by atoms with Crippen molar-refractivity contribution in [3.8, 4) is 5.75 Å². The molecule has 2 aromatic rings. The third-order valence-corrected chi connectivity index (χ3v) is 4.52. The molecule has 0 aliphatic carbocycles. The summed E-state index contributed by atoms with van der Waals surface area (Å²) < 4.78 is 5.83. The van der Waals surface area contributed by atoms with Gasteiger partial charge in [-0.15, -0.1) is 0 Å². The van der Waals surface area contributed by atoms with Crippen LogP contribution in [0.2, 0.25) is 5.02 Å². The van der Waals surface area contributed by atoms with Gasteiger partial charge in [0.15, 0.2) is 6.10 Å². The third-order valence-electron chi connectivity index (χ3n) is 4.19. The summed E-state index contributed by atoms with van der Waals surface area (Å²) in [5, 5.41) is 6.14. The van der Waals surface area contributed by atoms with Crippen molar-refractivity contribution in [2.45, 2.75) is 19.4 Å². The Bertz CT molecular complexity index is 828. The van der Waals surface area contributed by atoms with Crippen molar-refractivity contribution in [1.29, 1.82) is 0 Å². The molecule has 0 radical (unpaired) electrons. The van der Waals surface area contributed by atoms with Gasteiger partial charge in [-0.1, -0.05) is 42.8 Å². The summed E-state index contributed by atoms with van der Waals surface area (Å²) in [4.78, 5) is 26.7. The van der Waals surface area contributed by atoms with Crippen molar-refractivity contribution in [3.05, 3.63) is 53.6 Å². The highest BCUT2D eigenvalue weighted by Crippen LogP contribution is 2.33. The number of hydrogen-bond donors (Lipinski definition) is 2. The zero-order chi connectivity index (χ0) is 19.2. The van der Waals surface area contributed by atoms with Crippen LogP contribution in [-0.4, -0.2) is 37.6 Å². The van der Waals surface area contributed by atoms with Gasteiger partial charge in [0.05, 0.1) is 29.5 Å². The molecular formula is C20H22ClN3O3. The number of para-hydroxylation sites is 3. The molecule has 0 fully saturated rings. The van der Waals surface area contributed by atoms with Gasteiger partial charge in [-0.2, -0.15) is 0 Å². The molecule has 0 unspecified atom stereocenters. The maximum Gasteiger partial charge on any atom is 0.262 e. The van der Waals surface area contributed by atoms with E-state index in [0.29, 0.717) is 29.5 Å². The van der Waals surface area contributed by atoms with Gasteiger partial charge >= 0.3 is 0 Å². The number of halogens is 1. The number of fused-ring (bicyclic) bond motifs is 1. The lowest BCUT2D eigenvalue weighted by molar-refractivity contribution is -0.128. The van der Waals surface area contributed by atoms with Gasteiger partial charge in [0, 0.05) is 6.54 Å². The van der Waals surface area contributed by atoms with Crippen LogP contribution in [-0.2, 0) is 9.59 Å². The first-order valence-electron chi connectivity index (χ1n) is 8.91. The van der Waals surface area contributed by atoms with Gasteiger partial charge < -0.3 is 20.3 Å². The Morgan fingerprint density at radius 3 is 2.70 bits per heavy atom. The zero-order valence-electron chi connectivity index (χ0n) is 15.1. The van der Waals surface area contributed by atoms with E-state index in [9.17, 15) is 9.59 Å². The van der Waals surface area contributed by atoms with Gasteiger partial charge in [-0.3, -0.25) is 9.59 Å². The first-order chi connectivity index (χ1) is 13.1. The van der Waals surface area contributed by atoms with Crippen LogP contribution < -0.4 is 20.3 Å². The standard InChI is InChI=1S/C20H22ClN3O3/c1-2-11-22-20(26)18-12-24(16-9-5-6-10-17(16)27-18)13-19(25)23-15-8-4-3-7-14(15)21/h3-10,18H,2,11-13H2,1H3,(H,22,26)(H,23,25)/t18-/m1/s1. The van der Waals surface area contributed by atoms with E-state index in [4.69, 9.17) is 16.3 Å². The van der Waals surface area contributed by atoms with Gasteiger partial charge in [-0.25, -0.2) is 0 Å². The second-order valence-electron chi connectivity index (χ2n) is 6.27. The Morgan fingerprint density at radius 1 is 1.19 bits per heavy atom. The van der Waals surface area contributed by atoms with E-state index < -0.39 is 6.10 Å². The number of anilines is 2. The fourth-order valence-electron chi connectivity index (χ4n) is 2.88. The molecule has 27 heavy (non-hydrogen) atoms. The lowest BCUT2D eigenvalue weighted by Gasteiger charge is -2.35. The summed E-state index contributed by atoms with van der Waals surface area (Å²) in [6.07, 6.45) is 0.179. The molecule has 1 aliphatic rings. The summed E-state index contributed by atoms with van der Waals surface area (Å²) in [5.74, 6) is 0.196. The van der Waals surface area contributed by atoms with E-state index in [0.717, 1.165) is 12.1 Å². The van der Waals surface area contributed by atoms with Crippen molar-refractivity contribution in [1.82, 2.24) is 5.32 Å². The predicted molar refractivity (Wildman–Crippen MR) is 106 cm³/mol. The van der Waals surface area contributed by atoms with Crippen LogP contribution in [0.4, 0.5) is 11.4 Å². The normalized spacial score (nSPS) is 15.5. The molecule has 0 saturated heterocycles. The van der Waals surface area contributed by atoms with Crippen LogP contribution in [0.5, 0.6) is 5.75 Å². The predicted octanol–water partition coefficient (Wildman–Crippen LogP) is 3.07. The lowest BCUT2D eigenvalue weighted by Crippen LogP contribution is -2.50. The van der Waals surface area contributed by atoms with Gasteiger partial charge in [-0.05, 0) is 30.7 Å². The molecule has 0 saturated carbocycles. The first kappa shape index (κ1) is 19.0. The maximum absolute atomic E-state index is 12.5. The second kappa shape index (κ2) is 8.77. The Balaban J connectivity index is 1.73. The van der Waals surface area contributed by atoms with Crippen molar-refractivity contribution >= 4 is 34.8 Å². The Hall–Kier alpha value is -2.73. The minimum atomic E-state index is -0.667. The number of benzene rings is 2. The monoisotopic (exact) mass is 387 g/mol. The van der Waals surface area contributed by atoms with Crippen LogP contribution in [0.25, 0.3) is 0 Å². The smallest absolute Gasteiger partial charge is 0.262 e. The Morgan fingerprint density at radius 2 is 1.93 bits per heavy atom. The maximum atomic E-state index is 12.5. The Kier molecular flexibility index (Phi) is 6.19. The minimum Gasteiger partial charge on any atom is -0.477 e. The topological polar surface area (TPSA) is 70.7 Å². The van der Waals surface area contributed by atoms with Crippen LogP contribution >= 0.6 is 11.6 Å². The molecule has 142 valence electrons. The molecule has 1 heterocycles. The SMILES string of the molecule is CCCNC(=O)[C@H]1CN(CC(=O)Nc2ccccc2Cl)c2ccccc2O1. The highest BCUT2D eigenvalue weighted by Gasteiger charge is 2.31. The van der Waals surface area contributed by atoms with Gasteiger partial charge in [0.25, 0.3) is 5.91 Å². The summed E-state index contributed by atoms with van der Waals surface area (Å²) in [5.41, 5.74) is 1.34. The van der Waals surface area contributed by atoms with Crippen LogP contribution in [0, 0.1) is 0 Å². The van der Waals surface area contributed by atoms with Crippen molar-refractivity contribution in [2.24, 2.45) is 0 Å². The molecular weight excluding hydrogens is 366 g/mol. The van der Waals surface area contributed by atoms with Crippen molar-refractivity contribution in [3.63, 3.8) is 0 Å². The van der Waals surface area contributed by atoms with E-state index in [-0.39, 0.29) is 18.4 Å². The summed E-state index contributed by atoms with van der Waals surface area (Å²) in [6, 6.07) is 14.5. The first-order valence-corrected chi connectivity index (χ1v) is 9.29. The summed E-state index contributed by atoms with van der Waals surface area (Å²) in [7, 11) is 0. The number of carbonyl (C=O) groups excluding carboxylic acids is 2. The molecule has 6 nitrogen and oxygen atoms in total. The van der Waals surface area contributed by atoms with Crippen LogP contribution in [0.15, 0.2) is 48.5 Å². The third kappa shape index (κ3) is 4.71. The molecule has 2 aromatic carbocycles. The lowest BCUT2D eigenvalue weighted by atomic mass is 10.1. The minimum absolute atomic E-state index is 0.0865. The largest absolute Gasteiger partial charge is 0.477 e. The number of hydrogen-bond acceptors (Lipinski definition) is 4. The van der Waals surface area contributed by atoms with E-state index >= 15 is 0 Å². The molecule has 0 spiro atoms. The molecule has 2 amide bonds. The van der Waals surface area contributed by atoms with E-state index in [2.05, 4.69) is 10.6 Å². The summed E-state index contributed by atoms with van der Waals surface area (Å²) in [6.45, 7) is 2.96. The van der Waals surface area contributed by atoms with E-state index in [1.54, 1.807) is 30.3 Å². The number of ether oxygens (including phenoxy) is 1. The van der Waals surface area contributed by atoms with Gasteiger partial charge in [0.1, 0.15) is 5.75 Å². The fraction of sp³-hybridized carbons (Fsp3) is 0.300. The number of nitrogens with zero attached hydrogens (tertiary/aromatic N) is 1. The van der Waals surface area contributed by atoms with Crippen molar-refractivity contribution in [2.75, 3.05) is 29.9 Å². The number of carbonyl (C=O) groups is 2. The fourth-order valence-corrected chi connectivity index (χ4v) is 3.06. The van der Waals surface area contributed by atoms with Crippen LogP contribution in [0.1, 0.15) is 13.3 Å². The van der Waals surface area contributed by atoms with E-state index in [1.807, 2.05) is 30.0 Å². The van der Waals surface area contributed by atoms with Crippen molar-refractivity contribution < 1.29 is 14.3 Å². The highest BCUT2D eigenvalue weighted by atomic mass is 35.5. The number of nitrogens with one attached hydrogen (secondary N) is 2. The number of rotatable bonds is 6. The summed E-state index contributed by atoms with van der Waals surface area (Å²) >= 11 is 6.10. The number of amides is 2. The molecule has 0 bridgehead atoms. The highest BCUT2D eigenvalue weighted by molar-refractivity contribution is 6.33. The quantitative estimate of drug-likeness (QED) is 0.799. The molecule has 2 N–H and O–H groups in total. The molecule has 1 aliphatic heterocycles. The van der Waals surface area contributed by atoms with E-state index in [1.165, 1.54) is 0 Å². The van der Waals surface area contributed by atoms with Gasteiger partial charge in [0.2, 0.25) is 5.91 Å². The average Bonchev–Trinajstić information content (AvgIpc) is 2.67. The average molecular weight is 388 g/mol. The van der Waals surface area contributed by atoms with Crippen LogP contribution in [0.3, 0.4) is 0 Å². The Labute approximate surface area is 163 Å². The molecule has 1 atom stereocenters. The zero-order valence-corrected chi connectivity index (χ0v) is 15.8. The molecule has 3 rings (SSSR count). The molecule has 0 aromatic heterocycles. The molecule has 7 heteroatoms. The second-order valence-corrected chi connectivity index (χ2v) is 6.68.